The average Bonchev–Trinajstić information content (AvgIpc) is 3.29. The van der Waals surface area contributed by atoms with Crippen LogP contribution >= 0.6 is 0 Å². The predicted molar refractivity (Wildman–Crippen MR) is 106 cm³/mol. The number of rotatable bonds is 5. The van der Waals surface area contributed by atoms with E-state index in [1.165, 1.54) is 19.2 Å². The van der Waals surface area contributed by atoms with Gasteiger partial charge in [0.1, 0.15) is 0 Å². The molecule has 0 unspecified atom stereocenters. The van der Waals surface area contributed by atoms with E-state index in [9.17, 15) is 17.6 Å². The number of halogens is 1. The molecule has 2 aromatic carbocycles. The second-order valence-corrected chi connectivity index (χ2v) is 9.07. The number of urea groups is 1. The Balaban J connectivity index is 1.38. The number of nitrogens with zero attached hydrogens (tertiary/aromatic N) is 1. The quantitative estimate of drug-likeness (QED) is 0.780. The number of carbonyl (C=O) groups excluding carboxylic acids is 1. The lowest BCUT2D eigenvalue weighted by Crippen LogP contribution is -2.48. The smallest absolute Gasteiger partial charge is 0.322 e. The van der Waals surface area contributed by atoms with Crippen molar-refractivity contribution in [3.05, 3.63) is 54.3 Å². The Labute approximate surface area is 168 Å². The maximum Gasteiger partial charge on any atom is 0.322 e. The molecule has 0 aromatic heterocycles. The number of anilines is 1. The molecule has 1 aliphatic heterocycles. The minimum Gasteiger partial charge on any atom is -0.494 e. The number of ether oxygens (including phenoxy) is 1. The second-order valence-electron chi connectivity index (χ2n) is 7.36. The first-order chi connectivity index (χ1) is 13.9. The standard InChI is InChI=1S/C20H22FN3O4S/c1-28-19-8-7-14(10-17(19)21)22-20(25)24-12-13-9-15(24)11-18(13)23-29(26,27)16-5-3-2-4-6-16/h2-8,10,13,15,18,23H,9,11-12H2,1H3,(H,22,25)/t13-,15-,18-/m0/s1. The summed E-state index contributed by atoms with van der Waals surface area (Å²) in [5.41, 5.74) is 0.345. The predicted octanol–water partition coefficient (Wildman–Crippen LogP) is 2.81. The summed E-state index contributed by atoms with van der Waals surface area (Å²) in [6, 6.07) is 11.9. The highest BCUT2D eigenvalue weighted by Gasteiger charge is 2.47. The van der Waals surface area contributed by atoms with Gasteiger partial charge in [0.25, 0.3) is 0 Å². The monoisotopic (exact) mass is 419 g/mol. The lowest BCUT2D eigenvalue weighted by Gasteiger charge is -2.31. The summed E-state index contributed by atoms with van der Waals surface area (Å²) in [6.07, 6.45) is 1.30. The van der Waals surface area contributed by atoms with Crippen LogP contribution in [0.2, 0.25) is 0 Å². The molecule has 0 radical (unpaired) electrons. The number of nitrogens with one attached hydrogen (secondary N) is 2. The van der Waals surface area contributed by atoms with Gasteiger partial charge >= 0.3 is 6.03 Å². The van der Waals surface area contributed by atoms with Crippen molar-refractivity contribution in [1.29, 1.82) is 0 Å². The minimum atomic E-state index is -3.59. The zero-order chi connectivity index (χ0) is 20.6. The van der Waals surface area contributed by atoms with Crippen molar-refractivity contribution < 1.29 is 22.3 Å². The van der Waals surface area contributed by atoms with Crippen LogP contribution in [0.25, 0.3) is 0 Å². The van der Waals surface area contributed by atoms with Crippen LogP contribution in [0.1, 0.15) is 12.8 Å². The number of fused-ring (bicyclic) bond motifs is 2. The maximum absolute atomic E-state index is 13.8. The molecule has 2 bridgehead atoms. The van der Waals surface area contributed by atoms with Crippen LogP contribution in [-0.2, 0) is 10.0 Å². The molecule has 3 atom stereocenters. The van der Waals surface area contributed by atoms with Crippen LogP contribution in [0.5, 0.6) is 5.75 Å². The van der Waals surface area contributed by atoms with Crippen LogP contribution < -0.4 is 14.8 Å². The molecular weight excluding hydrogens is 397 g/mol. The van der Waals surface area contributed by atoms with Crippen LogP contribution in [0, 0.1) is 11.7 Å². The molecule has 2 aromatic rings. The summed E-state index contributed by atoms with van der Waals surface area (Å²) in [6.45, 7) is 0.455. The van der Waals surface area contributed by atoms with Gasteiger partial charge in [0.05, 0.1) is 12.0 Å². The minimum absolute atomic E-state index is 0.0495. The van der Waals surface area contributed by atoms with Crippen molar-refractivity contribution in [2.75, 3.05) is 19.0 Å². The first kappa shape index (κ1) is 19.7. The van der Waals surface area contributed by atoms with Gasteiger partial charge in [-0.3, -0.25) is 0 Å². The Morgan fingerprint density at radius 2 is 1.93 bits per heavy atom. The van der Waals surface area contributed by atoms with E-state index in [1.54, 1.807) is 41.3 Å². The summed E-state index contributed by atoms with van der Waals surface area (Å²) in [5.74, 6) is -0.391. The Morgan fingerprint density at radius 3 is 2.55 bits per heavy atom. The number of hydrogen-bond donors (Lipinski definition) is 2. The van der Waals surface area contributed by atoms with E-state index >= 15 is 0 Å². The van der Waals surface area contributed by atoms with Crippen LogP contribution in [0.3, 0.4) is 0 Å². The Morgan fingerprint density at radius 1 is 1.17 bits per heavy atom. The molecule has 29 heavy (non-hydrogen) atoms. The van der Waals surface area contributed by atoms with E-state index in [0.717, 1.165) is 6.42 Å². The van der Waals surface area contributed by atoms with Gasteiger partial charge in [-0.1, -0.05) is 18.2 Å². The second kappa shape index (κ2) is 7.64. The summed E-state index contributed by atoms with van der Waals surface area (Å²) in [7, 11) is -2.21. The third-order valence-corrected chi connectivity index (χ3v) is 7.07. The molecule has 1 saturated carbocycles. The van der Waals surface area contributed by atoms with Crippen LogP contribution in [0.4, 0.5) is 14.9 Å². The molecule has 1 saturated heterocycles. The molecule has 7 nitrogen and oxygen atoms in total. The van der Waals surface area contributed by atoms with E-state index in [2.05, 4.69) is 10.0 Å². The largest absolute Gasteiger partial charge is 0.494 e. The Bertz CT molecular complexity index is 1020. The summed E-state index contributed by atoms with van der Waals surface area (Å²) < 4.78 is 46.6. The zero-order valence-corrected chi connectivity index (χ0v) is 16.7. The molecular formula is C20H22FN3O4S. The van der Waals surface area contributed by atoms with Crippen LogP contribution in [-0.4, -0.2) is 45.1 Å². The first-order valence-corrected chi connectivity index (χ1v) is 10.8. The van der Waals surface area contributed by atoms with Crippen molar-refractivity contribution in [2.24, 2.45) is 5.92 Å². The Kier molecular flexibility index (Phi) is 5.18. The SMILES string of the molecule is COc1ccc(NC(=O)N2C[C@@H]3C[C@H]2C[C@@H]3NS(=O)(=O)c2ccccc2)cc1F. The third kappa shape index (κ3) is 3.92. The topological polar surface area (TPSA) is 87.7 Å². The molecule has 2 N–H and O–H groups in total. The number of amides is 2. The lowest BCUT2D eigenvalue weighted by molar-refractivity contribution is 0.188. The van der Waals surface area contributed by atoms with E-state index in [0.29, 0.717) is 18.7 Å². The fourth-order valence-corrected chi connectivity index (χ4v) is 5.49. The molecule has 4 rings (SSSR count). The van der Waals surface area contributed by atoms with Gasteiger partial charge in [0.2, 0.25) is 10.0 Å². The van der Waals surface area contributed by atoms with Crippen molar-refractivity contribution >= 4 is 21.7 Å². The van der Waals surface area contributed by atoms with Crippen molar-refractivity contribution in [2.45, 2.75) is 29.8 Å². The van der Waals surface area contributed by atoms with Gasteiger partial charge in [-0.05, 0) is 43.0 Å². The molecule has 154 valence electrons. The first-order valence-electron chi connectivity index (χ1n) is 9.36. The summed E-state index contributed by atoms with van der Waals surface area (Å²) in [5, 5.41) is 2.70. The molecule has 2 amide bonds. The van der Waals surface area contributed by atoms with Gasteiger partial charge < -0.3 is 15.0 Å². The molecule has 1 heterocycles. The lowest BCUT2D eigenvalue weighted by atomic mass is 10.0. The number of methoxy groups -OCH3 is 1. The Hall–Kier alpha value is -2.65. The highest BCUT2D eigenvalue weighted by molar-refractivity contribution is 7.89. The van der Waals surface area contributed by atoms with Crippen molar-refractivity contribution in [1.82, 2.24) is 9.62 Å². The number of carbonyl (C=O) groups is 1. The summed E-state index contributed by atoms with van der Waals surface area (Å²) in [4.78, 5) is 14.5. The van der Waals surface area contributed by atoms with Gasteiger partial charge in [-0.25, -0.2) is 22.3 Å². The molecule has 9 heteroatoms. The average molecular weight is 419 g/mol. The van der Waals surface area contributed by atoms with Gasteiger partial charge in [-0.2, -0.15) is 0 Å². The van der Waals surface area contributed by atoms with Crippen molar-refractivity contribution in [3.8, 4) is 5.75 Å². The highest BCUT2D eigenvalue weighted by atomic mass is 32.2. The highest BCUT2D eigenvalue weighted by Crippen LogP contribution is 2.38. The van der Waals surface area contributed by atoms with E-state index < -0.39 is 15.8 Å². The number of likely N-dealkylation sites (tertiary alicyclic amines) is 1. The van der Waals surface area contributed by atoms with Gasteiger partial charge in [0, 0.05) is 30.4 Å². The molecule has 0 spiro atoms. The van der Waals surface area contributed by atoms with Crippen LogP contribution in [0.15, 0.2) is 53.4 Å². The normalized spacial score (nSPS) is 23.2. The fraction of sp³-hybridized carbons (Fsp3) is 0.350. The molecule has 2 aliphatic rings. The number of benzene rings is 2. The number of sulfonamides is 1. The summed E-state index contributed by atoms with van der Waals surface area (Å²) >= 11 is 0. The zero-order valence-electron chi connectivity index (χ0n) is 15.8. The fourth-order valence-electron chi connectivity index (χ4n) is 4.15. The maximum atomic E-state index is 13.8. The van der Waals surface area contributed by atoms with E-state index in [4.69, 9.17) is 4.74 Å². The number of piperidine rings is 1. The third-order valence-electron chi connectivity index (χ3n) is 5.57. The number of hydrogen-bond acceptors (Lipinski definition) is 4. The van der Waals surface area contributed by atoms with E-state index in [1.807, 2.05) is 0 Å². The van der Waals surface area contributed by atoms with Crippen molar-refractivity contribution in [3.63, 3.8) is 0 Å². The van der Waals surface area contributed by atoms with E-state index in [-0.39, 0.29) is 34.7 Å². The van der Waals surface area contributed by atoms with Gasteiger partial charge in [-0.15, -0.1) is 0 Å². The molecule has 2 fully saturated rings. The van der Waals surface area contributed by atoms with Gasteiger partial charge in [0.15, 0.2) is 11.6 Å². The molecule has 1 aliphatic carbocycles.